The Hall–Kier alpha value is -2.27. The topological polar surface area (TPSA) is 37.8 Å². The summed E-state index contributed by atoms with van der Waals surface area (Å²) >= 11 is 0. The highest BCUT2D eigenvalue weighted by atomic mass is 16.6. The van der Waals surface area contributed by atoms with Crippen molar-refractivity contribution in [1.29, 1.82) is 0 Å². The van der Waals surface area contributed by atoms with Gasteiger partial charge in [-0.1, -0.05) is 30.3 Å². The van der Waals surface area contributed by atoms with Gasteiger partial charge in [0.1, 0.15) is 13.2 Å². The highest BCUT2D eigenvalue weighted by Crippen LogP contribution is 2.37. The third kappa shape index (κ3) is 3.10. The first-order valence-corrected chi connectivity index (χ1v) is 8.16. The van der Waals surface area contributed by atoms with Crippen molar-refractivity contribution in [3.8, 4) is 11.6 Å². The molecule has 0 saturated carbocycles. The van der Waals surface area contributed by atoms with Crippen LogP contribution in [0.2, 0.25) is 0 Å². The number of nitrogens with zero attached hydrogens (tertiary/aromatic N) is 3. The molecule has 0 N–H and O–H groups in total. The molecule has 2 aliphatic heterocycles. The molecule has 3 heterocycles. The summed E-state index contributed by atoms with van der Waals surface area (Å²) in [5, 5.41) is 0. The predicted molar refractivity (Wildman–Crippen MR) is 89.2 cm³/mol. The zero-order valence-corrected chi connectivity index (χ0v) is 13.1. The molecule has 2 aromatic rings. The summed E-state index contributed by atoms with van der Waals surface area (Å²) in [7, 11) is 0. The van der Waals surface area contributed by atoms with Gasteiger partial charge in [-0.3, -0.25) is 4.90 Å². The van der Waals surface area contributed by atoms with Crippen molar-refractivity contribution in [1.82, 2.24) is 9.88 Å². The Morgan fingerprint density at radius 1 is 0.913 bits per heavy atom. The molecular weight excluding hydrogens is 290 g/mol. The molecule has 0 amide bonds. The number of piperazine rings is 1. The summed E-state index contributed by atoms with van der Waals surface area (Å²) in [6.45, 7) is 6.27. The minimum Gasteiger partial charge on any atom is -0.483 e. The molecule has 0 aliphatic carbocycles. The van der Waals surface area contributed by atoms with Crippen LogP contribution in [0.4, 0.5) is 5.69 Å². The van der Waals surface area contributed by atoms with Gasteiger partial charge in [-0.25, -0.2) is 4.98 Å². The monoisotopic (exact) mass is 311 g/mol. The molecular formula is C18H21N3O2. The quantitative estimate of drug-likeness (QED) is 0.868. The zero-order chi connectivity index (χ0) is 15.5. The Balaban J connectivity index is 1.42. The van der Waals surface area contributed by atoms with Crippen LogP contribution in [-0.2, 0) is 6.54 Å². The van der Waals surface area contributed by atoms with Crippen LogP contribution in [-0.4, -0.2) is 49.3 Å². The van der Waals surface area contributed by atoms with E-state index in [-0.39, 0.29) is 0 Å². The van der Waals surface area contributed by atoms with Crippen LogP contribution in [0.1, 0.15) is 5.56 Å². The Kier molecular flexibility index (Phi) is 4.03. The summed E-state index contributed by atoms with van der Waals surface area (Å²) in [6, 6.07) is 12.7. The lowest BCUT2D eigenvalue weighted by molar-refractivity contribution is 0.164. The average molecular weight is 311 g/mol. The third-order valence-electron chi connectivity index (χ3n) is 4.38. The first-order chi connectivity index (χ1) is 11.4. The molecule has 0 radical (unpaired) electrons. The van der Waals surface area contributed by atoms with Gasteiger partial charge in [0.15, 0.2) is 0 Å². The normalized spacial score (nSPS) is 18.0. The average Bonchev–Trinajstić information content (AvgIpc) is 2.63. The maximum Gasteiger partial charge on any atom is 0.259 e. The molecule has 120 valence electrons. The molecule has 1 fully saturated rings. The van der Waals surface area contributed by atoms with E-state index >= 15 is 0 Å². The number of anilines is 1. The Morgan fingerprint density at radius 3 is 2.52 bits per heavy atom. The van der Waals surface area contributed by atoms with Crippen molar-refractivity contribution in [3.05, 3.63) is 48.2 Å². The molecule has 4 rings (SSSR count). The smallest absolute Gasteiger partial charge is 0.259 e. The number of hydrogen-bond donors (Lipinski definition) is 0. The fourth-order valence-corrected chi connectivity index (χ4v) is 3.18. The van der Waals surface area contributed by atoms with Crippen molar-refractivity contribution in [2.24, 2.45) is 0 Å². The van der Waals surface area contributed by atoms with E-state index in [1.54, 1.807) is 6.20 Å². The molecule has 23 heavy (non-hydrogen) atoms. The molecule has 0 bridgehead atoms. The first-order valence-electron chi connectivity index (χ1n) is 8.16. The second-order valence-corrected chi connectivity index (χ2v) is 5.91. The fraction of sp³-hybridized carbons (Fsp3) is 0.389. The predicted octanol–water partition coefficient (Wildman–Crippen LogP) is 2.17. The zero-order valence-electron chi connectivity index (χ0n) is 13.1. The van der Waals surface area contributed by atoms with Crippen LogP contribution >= 0.6 is 0 Å². The number of hydrogen-bond acceptors (Lipinski definition) is 5. The minimum absolute atomic E-state index is 0.578. The summed E-state index contributed by atoms with van der Waals surface area (Å²) in [5.74, 6) is 1.43. The van der Waals surface area contributed by atoms with E-state index in [1.165, 1.54) is 5.56 Å². The lowest BCUT2D eigenvalue weighted by Gasteiger charge is -2.37. The molecule has 0 spiro atoms. The second-order valence-electron chi connectivity index (χ2n) is 5.91. The number of fused-ring (bicyclic) bond motifs is 1. The SMILES string of the molecule is c1ccc(CN2CCN(c3ccnc4c3OCCO4)CC2)cc1. The van der Waals surface area contributed by atoms with Gasteiger partial charge in [0.25, 0.3) is 5.88 Å². The van der Waals surface area contributed by atoms with Crippen LogP contribution in [0.5, 0.6) is 11.6 Å². The van der Waals surface area contributed by atoms with Gasteiger partial charge in [-0.2, -0.15) is 0 Å². The van der Waals surface area contributed by atoms with E-state index in [0.717, 1.165) is 44.2 Å². The van der Waals surface area contributed by atoms with Crippen LogP contribution < -0.4 is 14.4 Å². The van der Waals surface area contributed by atoms with Gasteiger partial charge in [0.2, 0.25) is 5.75 Å². The molecule has 1 saturated heterocycles. The Labute approximate surface area is 136 Å². The van der Waals surface area contributed by atoms with Crippen LogP contribution in [0.3, 0.4) is 0 Å². The minimum atomic E-state index is 0.578. The van der Waals surface area contributed by atoms with E-state index in [9.17, 15) is 0 Å². The summed E-state index contributed by atoms with van der Waals surface area (Å²) < 4.78 is 11.4. The summed E-state index contributed by atoms with van der Waals surface area (Å²) in [5.41, 5.74) is 2.48. The third-order valence-corrected chi connectivity index (χ3v) is 4.38. The maximum atomic E-state index is 5.79. The molecule has 1 aromatic heterocycles. The van der Waals surface area contributed by atoms with E-state index < -0.39 is 0 Å². The maximum absolute atomic E-state index is 5.79. The van der Waals surface area contributed by atoms with Crippen molar-refractivity contribution in [2.45, 2.75) is 6.54 Å². The van der Waals surface area contributed by atoms with Gasteiger partial charge in [0.05, 0.1) is 5.69 Å². The molecule has 5 nitrogen and oxygen atoms in total. The number of ether oxygens (including phenoxy) is 2. The number of rotatable bonds is 3. The molecule has 2 aliphatic rings. The standard InChI is InChI=1S/C18H21N3O2/c1-2-4-15(5-3-1)14-20-8-10-21(11-9-20)16-6-7-19-18-17(16)22-12-13-23-18/h1-7H,8-14H2. The molecule has 0 unspecified atom stereocenters. The Morgan fingerprint density at radius 2 is 1.70 bits per heavy atom. The second kappa shape index (κ2) is 6.46. The van der Waals surface area contributed by atoms with Crippen LogP contribution in [0.25, 0.3) is 0 Å². The highest BCUT2D eigenvalue weighted by Gasteiger charge is 2.24. The van der Waals surface area contributed by atoms with Crippen LogP contribution in [0.15, 0.2) is 42.6 Å². The largest absolute Gasteiger partial charge is 0.483 e. The number of benzene rings is 1. The molecule has 5 heteroatoms. The van der Waals surface area contributed by atoms with Gasteiger partial charge in [-0.05, 0) is 11.6 Å². The summed E-state index contributed by atoms with van der Waals surface area (Å²) in [6.07, 6.45) is 1.80. The van der Waals surface area contributed by atoms with Gasteiger partial charge >= 0.3 is 0 Å². The van der Waals surface area contributed by atoms with Gasteiger partial charge in [0, 0.05) is 38.9 Å². The van der Waals surface area contributed by atoms with Crippen molar-refractivity contribution in [2.75, 3.05) is 44.3 Å². The number of aromatic nitrogens is 1. The lowest BCUT2D eigenvalue weighted by Crippen LogP contribution is -2.46. The van der Waals surface area contributed by atoms with Crippen molar-refractivity contribution < 1.29 is 9.47 Å². The van der Waals surface area contributed by atoms with E-state index in [4.69, 9.17) is 9.47 Å². The first kappa shape index (κ1) is 14.3. The highest BCUT2D eigenvalue weighted by molar-refractivity contribution is 5.63. The fourth-order valence-electron chi connectivity index (χ4n) is 3.18. The van der Waals surface area contributed by atoms with Gasteiger partial charge in [-0.15, -0.1) is 0 Å². The number of pyridine rings is 1. The lowest BCUT2D eigenvalue weighted by atomic mass is 10.2. The molecule has 0 atom stereocenters. The van der Waals surface area contributed by atoms with E-state index in [0.29, 0.717) is 19.1 Å². The Bertz CT molecular complexity index is 655. The van der Waals surface area contributed by atoms with E-state index in [1.807, 2.05) is 6.07 Å². The van der Waals surface area contributed by atoms with Gasteiger partial charge < -0.3 is 14.4 Å². The van der Waals surface area contributed by atoms with E-state index in [2.05, 4.69) is 45.1 Å². The van der Waals surface area contributed by atoms with Crippen LogP contribution in [0, 0.1) is 0 Å². The summed E-state index contributed by atoms with van der Waals surface area (Å²) in [4.78, 5) is 9.13. The molecule has 1 aromatic carbocycles. The van der Waals surface area contributed by atoms with Crippen molar-refractivity contribution in [3.63, 3.8) is 0 Å². The van der Waals surface area contributed by atoms with Crippen molar-refractivity contribution >= 4 is 5.69 Å².